The molecule has 3 heteroatoms. The summed E-state index contributed by atoms with van der Waals surface area (Å²) >= 11 is 0. The molecular weight excluding hydrogens is 166 g/mol. The molecule has 0 radical (unpaired) electrons. The van der Waals surface area contributed by atoms with Gasteiger partial charge in [-0.15, -0.1) is 0 Å². The van der Waals surface area contributed by atoms with Crippen molar-refractivity contribution in [3.8, 4) is 0 Å². The van der Waals surface area contributed by atoms with Crippen LogP contribution in [0.15, 0.2) is 0 Å². The first-order valence-electron chi connectivity index (χ1n) is 4.62. The van der Waals surface area contributed by atoms with E-state index in [-0.39, 0.29) is 11.8 Å². The topological polar surface area (TPSA) is 49.3 Å². The van der Waals surface area contributed by atoms with E-state index in [1.54, 1.807) is 13.8 Å². The molecular formula is C10H21NO2. The summed E-state index contributed by atoms with van der Waals surface area (Å²) in [6.45, 7) is 10.7. The zero-order chi connectivity index (χ0) is 10.9. The summed E-state index contributed by atoms with van der Waals surface area (Å²) < 4.78 is 0. The van der Waals surface area contributed by atoms with Crippen LogP contribution in [0, 0.1) is 5.92 Å². The highest BCUT2D eigenvalue weighted by Crippen LogP contribution is 2.20. The lowest BCUT2D eigenvalue weighted by Crippen LogP contribution is -2.58. The van der Waals surface area contributed by atoms with E-state index in [1.165, 1.54) is 0 Å². The third-order valence-corrected chi connectivity index (χ3v) is 2.49. The molecule has 0 aromatic carbocycles. The van der Waals surface area contributed by atoms with Gasteiger partial charge in [-0.25, -0.2) is 0 Å². The molecule has 0 spiro atoms. The van der Waals surface area contributed by atoms with Gasteiger partial charge in [0.15, 0.2) is 0 Å². The van der Waals surface area contributed by atoms with Crippen molar-refractivity contribution >= 4 is 5.91 Å². The van der Waals surface area contributed by atoms with Crippen LogP contribution in [0.25, 0.3) is 0 Å². The van der Waals surface area contributed by atoms with Crippen molar-refractivity contribution in [2.45, 2.75) is 52.7 Å². The summed E-state index contributed by atoms with van der Waals surface area (Å²) in [6, 6.07) is 0. The SMILES string of the molecule is CC(C)C(=O)NC(C)(C)C(C)(C)O. The molecule has 0 bridgehead atoms. The Balaban J connectivity index is 4.44. The highest BCUT2D eigenvalue weighted by molar-refractivity contribution is 5.78. The second-order valence-electron chi connectivity index (χ2n) is 4.83. The number of aliphatic hydroxyl groups is 1. The van der Waals surface area contributed by atoms with Gasteiger partial charge < -0.3 is 10.4 Å². The summed E-state index contributed by atoms with van der Waals surface area (Å²) in [7, 11) is 0. The first kappa shape index (κ1) is 12.4. The fourth-order valence-electron chi connectivity index (χ4n) is 0.605. The van der Waals surface area contributed by atoms with E-state index in [0.29, 0.717) is 0 Å². The van der Waals surface area contributed by atoms with Crippen LogP contribution in [0.3, 0.4) is 0 Å². The van der Waals surface area contributed by atoms with Gasteiger partial charge in [0, 0.05) is 5.92 Å². The molecule has 0 aliphatic carbocycles. The van der Waals surface area contributed by atoms with Gasteiger partial charge in [0.05, 0.1) is 11.1 Å². The first-order chi connectivity index (χ1) is 5.58. The third-order valence-electron chi connectivity index (χ3n) is 2.49. The molecule has 13 heavy (non-hydrogen) atoms. The molecule has 0 aromatic rings. The molecule has 0 saturated carbocycles. The number of hydrogen-bond donors (Lipinski definition) is 2. The van der Waals surface area contributed by atoms with Crippen LogP contribution in [0.5, 0.6) is 0 Å². The Hall–Kier alpha value is -0.570. The minimum absolute atomic E-state index is 0.0351. The fraction of sp³-hybridized carbons (Fsp3) is 0.900. The van der Waals surface area contributed by atoms with E-state index < -0.39 is 11.1 Å². The van der Waals surface area contributed by atoms with Crippen molar-refractivity contribution in [1.29, 1.82) is 0 Å². The van der Waals surface area contributed by atoms with E-state index in [2.05, 4.69) is 5.32 Å². The van der Waals surface area contributed by atoms with Gasteiger partial charge in [-0.2, -0.15) is 0 Å². The summed E-state index contributed by atoms with van der Waals surface area (Å²) in [5, 5.41) is 12.6. The largest absolute Gasteiger partial charge is 0.388 e. The third kappa shape index (κ3) is 3.35. The first-order valence-corrected chi connectivity index (χ1v) is 4.62. The lowest BCUT2D eigenvalue weighted by molar-refractivity contribution is -0.129. The Morgan fingerprint density at radius 3 is 1.85 bits per heavy atom. The van der Waals surface area contributed by atoms with Gasteiger partial charge in [-0.05, 0) is 27.7 Å². The Labute approximate surface area is 80.5 Å². The quantitative estimate of drug-likeness (QED) is 0.700. The van der Waals surface area contributed by atoms with Gasteiger partial charge in [0.25, 0.3) is 0 Å². The number of carbonyl (C=O) groups is 1. The predicted molar refractivity (Wildman–Crippen MR) is 53.4 cm³/mol. The molecule has 0 aliphatic rings. The standard InChI is InChI=1S/C10H21NO2/c1-7(2)8(12)11-9(3,4)10(5,6)13/h7,13H,1-6H3,(H,11,12). The van der Waals surface area contributed by atoms with Crippen molar-refractivity contribution in [3.63, 3.8) is 0 Å². The Bertz CT molecular complexity index is 190. The van der Waals surface area contributed by atoms with Crippen molar-refractivity contribution in [2.24, 2.45) is 5.92 Å². The summed E-state index contributed by atoms with van der Waals surface area (Å²) in [5.74, 6) is -0.0891. The van der Waals surface area contributed by atoms with Crippen molar-refractivity contribution < 1.29 is 9.90 Å². The molecule has 0 unspecified atom stereocenters. The van der Waals surface area contributed by atoms with Crippen LogP contribution in [-0.2, 0) is 4.79 Å². The smallest absolute Gasteiger partial charge is 0.223 e. The van der Waals surface area contributed by atoms with E-state index in [1.807, 2.05) is 27.7 Å². The molecule has 0 heterocycles. The monoisotopic (exact) mass is 187 g/mol. The van der Waals surface area contributed by atoms with E-state index in [0.717, 1.165) is 0 Å². The van der Waals surface area contributed by atoms with E-state index in [9.17, 15) is 9.90 Å². The van der Waals surface area contributed by atoms with Crippen LogP contribution in [0.1, 0.15) is 41.5 Å². The van der Waals surface area contributed by atoms with Gasteiger partial charge in [-0.3, -0.25) is 4.79 Å². The molecule has 0 rings (SSSR count). The molecule has 0 saturated heterocycles. The zero-order valence-electron chi connectivity index (χ0n) is 9.43. The molecule has 2 N–H and O–H groups in total. The summed E-state index contributed by atoms with van der Waals surface area (Å²) in [6.07, 6.45) is 0. The molecule has 78 valence electrons. The maximum Gasteiger partial charge on any atom is 0.223 e. The number of amides is 1. The number of rotatable bonds is 3. The molecule has 0 aromatic heterocycles. The molecule has 0 aliphatic heterocycles. The molecule has 0 atom stereocenters. The van der Waals surface area contributed by atoms with Gasteiger partial charge >= 0.3 is 0 Å². The van der Waals surface area contributed by atoms with Gasteiger partial charge in [-0.1, -0.05) is 13.8 Å². The minimum atomic E-state index is -0.919. The van der Waals surface area contributed by atoms with Crippen molar-refractivity contribution in [1.82, 2.24) is 5.32 Å². The van der Waals surface area contributed by atoms with Gasteiger partial charge in [0.1, 0.15) is 0 Å². The number of carbonyl (C=O) groups excluding carboxylic acids is 1. The maximum atomic E-state index is 11.4. The normalized spacial score (nSPS) is 13.2. The predicted octanol–water partition coefficient (Wildman–Crippen LogP) is 1.31. The van der Waals surface area contributed by atoms with Crippen LogP contribution in [0.4, 0.5) is 0 Å². The zero-order valence-corrected chi connectivity index (χ0v) is 9.43. The van der Waals surface area contributed by atoms with Crippen LogP contribution in [-0.4, -0.2) is 22.2 Å². The molecule has 0 fully saturated rings. The van der Waals surface area contributed by atoms with Crippen molar-refractivity contribution in [2.75, 3.05) is 0 Å². The van der Waals surface area contributed by atoms with Crippen LogP contribution < -0.4 is 5.32 Å². The second kappa shape index (κ2) is 3.66. The molecule has 1 amide bonds. The summed E-state index contributed by atoms with van der Waals surface area (Å²) in [5.41, 5.74) is -1.52. The second-order valence-corrected chi connectivity index (χ2v) is 4.83. The fourth-order valence-corrected chi connectivity index (χ4v) is 0.605. The van der Waals surface area contributed by atoms with E-state index in [4.69, 9.17) is 0 Å². The number of nitrogens with one attached hydrogen (secondary N) is 1. The highest BCUT2D eigenvalue weighted by atomic mass is 16.3. The van der Waals surface area contributed by atoms with Crippen molar-refractivity contribution in [3.05, 3.63) is 0 Å². The van der Waals surface area contributed by atoms with Crippen LogP contribution >= 0.6 is 0 Å². The molecule has 3 nitrogen and oxygen atoms in total. The summed E-state index contributed by atoms with van der Waals surface area (Å²) in [4.78, 5) is 11.4. The van der Waals surface area contributed by atoms with Crippen LogP contribution in [0.2, 0.25) is 0 Å². The minimum Gasteiger partial charge on any atom is -0.388 e. The Morgan fingerprint density at radius 1 is 1.23 bits per heavy atom. The Kier molecular flexibility index (Phi) is 3.50. The van der Waals surface area contributed by atoms with Gasteiger partial charge in [0.2, 0.25) is 5.91 Å². The lowest BCUT2D eigenvalue weighted by Gasteiger charge is -2.38. The maximum absolute atomic E-state index is 11.4. The van der Waals surface area contributed by atoms with E-state index >= 15 is 0 Å². The lowest BCUT2D eigenvalue weighted by atomic mass is 9.85. The number of hydrogen-bond acceptors (Lipinski definition) is 2. The highest BCUT2D eigenvalue weighted by Gasteiger charge is 2.36. The average molecular weight is 187 g/mol. The Morgan fingerprint density at radius 2 is 1.62 bits per heavy atom. The average Bonchev–Trinajstić information content (AvgIpc) is 1.83.